The van der Waals surface area contributed by atoms with Gasteiger partial charge < -0.3 is 4.74 Å². The Morgan fingerprint density at radius 1 is 1.50 bits per heavy atom. The lowest BCUT2D eigenvalue weighted by Crippen LogP contribution is -2.21. The van der Waals surface area contributed by atoms with Gasteiger partial charge in [-0.1, -0.05) is 35.8 Å². The minimum Gasteiger partial charge on any atom is -0.380 e. The number of ether oxygens (including phenoxy) is 1. The third-order valence-electron chi connectivity index (χ3n) is 1.93. The van der Waals surface area contributed by atoms with E-state index in [1.54, 1.807) is 11.3 Å². The van der Waals surface area contributed by atoms with Crippen molar-refractivity contribution in [3.05, 3.63) is 22.4 Å². The van der Waals surface area contributed by atoms with E-state index < -0.39 is 0 Å². The van der Waals surface area contributed by atoms with Crippen LogP contribution < -0.4 is 0 Å². The van der Waals surface area contributed by atoms with Crippen LogP contribution in [0.3, 0.4) is 0 Å². The SMILES string of the molecule is CC(C)(CBr)COCCc1cccs1. The normalized spacial score (nSPS) is 11.9. The van der Waals surface area contributed by atoms with Gasteiger partial charge in [0.1, 0.15) is 0 Å². The molecule has 0 aliphatic heterocycles. The molecule has 1 heterocycles. The predicted octanol–water partition coefficient (Wildman–Crippen LogP) is 3.73. The molecule has 1 rings (SSSR count). The molecule has 1 aromatic rings. The average molecular weight is 277 g/mol. The summed E-state index contributed by atoms with van der Waals surface area (Å²) < 4.78 is 5.64. The summed E-state index contributed by atoms with van der Waals surface area (Å²) in [6, 6.07) is 4.24. The number of thiophene rings is 1. The van der Waals surface area contributed by atoms with E-state index in [1.807, 2.05) is 0 Å². The van der Waals surface area contributed by atoms with Crippen LogP contribution in [0.1, 0.15) is 18.7 Å². The van der Waals surface area contributed by atoms with Gasteiger partial charge in [-0.2, -0.15) is 0 Å². The molecule has 0 saturated carbocycles. The second kappa shape index (κ2) is 5.89. The molecular formula is C11H17BrOS. The maximum atomic E-state index is 5.64. The fourth-order valence-corrected chi connectivity index (χ4v) is 1.87. The van der Waals surface area contributed by atoms with Crippen LogP contribution in [-0.4, -0.2) is 18.5 Å². The Bertz CT molecular complexity index is 244. The van der Waals surface area contributed by atoms with Gasteiger partial charge in [0.25, 0.3) is 0 Å². The summed E-state index contributed by atoms with van der Waals surface area (Å²) in [5, 5.41) is 3.09. The topological polar surface area (TPSA) is 9.23 Å². The monoisotopic (exact) mass is 276 g/mol. The van der Waals surface area contributed by atoms with Crippen LogP contribution in [0, 0.1) is 5.41 Å². The van der Waals surface area contributed by atoms with Crippen molar-refractivity contribution < 1.29 is 4.74 Å². The van der Waals surface area contributed by atoms with E-state index in [1.165, 1.54) is 4.88 Å². The molecule has 0 aliphatic carbocycles. The van der Waals surface area contributed by atoms with E-state index in [4.69, 9.17) is 4.74 Å². The highest BCUT2D eigenvalue weighted by atomic mass is 79.9. The zero-order valence-corrected chi connectivity index (χ0v) is 11.2. The molecule has 0 fully saturated rings. The zero-order valence-electron chi connectivity index (χ0n) is 8.75. The minimum atomic E-state index is 0.245. The van der Waals surface area contributed by atoms with E-state index in [0.717, 1.165) is 25.0 Å². The molecular weight excluding hydrogens is 260 g/mol. The highest BCUT2D eigenvalue weighted by molar-refractivity contribution is 9.09. The highest BCUT2D eigenvalue weighted by Gasteiger charge is 2.15. The molecule has 0 aliphatic rings. The molecule has 0 amide bonds. The summed E-state index contributed by atoms with van der Waals surface area (Å²) in [7, 11) is 0. The van der Waals surface area contributed by atoms with Crippen molar-refractivity contribution in [2.45, 2.75) is 20.3 Å². The number of halogens is 1. The second-order valence-corrected chi connectivity index (χ2v) is 5.77. The quantitative estimate of drug-likeness (QED) is 0.568. The fraction of sp³-hybridized carbons (Fsp3) is 0.636. The first kappa shape index (κ1) is 12.2. The lowest BCUT2D eigenvalue weighted by Gasteiger charge is -2.20. The molecule has 0 spiro atoms. The molecule has 0 N–H and O–H groups in total. The average Bonchev–Trinajstić information content (AvgIpc) is 2.65. The van der Waals surface area contributed by atoms with Crippen LogP contribution in [-0.2, 0) is 11.2 Å². The zero-order chi connectivity index (χ0) is 10.4. The third kappa shape index (κ3) is 4.58. The van der Waals surface area contributed by atoms with Crippen molar-refractivity contribution in [1.82, 2.24) is 0 Å². The Kier molecular flexibility index (Phi) is 5.13. The van der Waals surface area contributed by atoms with Gasteiger partial charge in [0.15, 0.2) is 0 Å². The van der Waals surface area contributed by atoms with E-state index in [0.29, 0.717) is 0 Å². The van der Waals surface area contributed by atoms with Crippen LogP contribution in [0.4, 0.5) is 0 Å². The Balaban J connectivity index is 2.11. The van der Waals surface area contributed by atoms with Crippen molar-refractivity contribution >= 4 is 27.3 Å². The van der Waals surface area contributed by atoms with Gasteiger partial charge in [-0.25, -0.2) is 0 Å². The Morgan fingerprint density at radius 2 is 2.29 bits per heavy atom. The van der Waals surface area contributed by atoms with Gasteiger partial charge in [0.05, 0.1) is 13.2 Å². The third-order valence-corrected chi connectivity index (χ3v) is 4.38. The van der Waals surface area contributed by atoms with Crippen molar-refractivity contribution in [1.29, 1.82) is 0 Å². The summed E-state index contributed by atoms with van der Waals surface area (Å²) in [5.41, 5.74) is 0.245. The number of hydrogen-bond acceptors (Lipinski definition) is 2. The van der Waals surface area contributed by atoms with Gasteiger partial charge in [-0.15, -0.1) is 11.3 Å². The minimum absolute atomic E-state index is 0.245. The predicted molar refractivity (Wildman–Crippen MR) is 66.4 cm³/mol. The van der Waals surface area contributed by atoms with Crippen molar-refractivity contribution in [2.75, 3.05) is 18.5 Å². The first-order valence-corrected chi connectivity index (χ1v) is 6.80. The number of alkyl halides is 1. The molecule has 0 aromatic carbocycles. The molecule has 14 heavy (non-hydrogen) atoms. The summed E-state index contributed by atoms with van der Waals surface area (Å²) in [6.45, 7) is 6.06. The lowest BCUT2D eigenvalue weighted by atomic mass is 9.99. The molecule has 0 saturated heterocycles. The molecule has 1 aromatic heterocycles. The molecule has 80 valence electrons. The van der Waals surface area contributed by atoms with E-state index >= 15 is 0 Å². The van der Waals surface area contributed by atoms with Crippen molar-refractivity contribution in [2.24, 2.45) is 5.41 Å². The van der Waals surface area contributed by atoms with E-state index in [-0.39, 0.29) is 5.41 Å². The summed E-state index contributed by atoms with van der Waals surface area (Å²) in [4.78, 5) is 1.40. The molecule has 0 unspecified atom stereocenters. The van der Waals surface area contributed by atoms with Crippen LogP contribution in [0.15, 0.2) is 17.5 Å². The summed E-state index contributed by atoms with van der Waals surface area (Å²) >= 11 is 5.28. The lowest BCUT2D eigenvalue weighted by molar-refractivity contribution is 0.0764. The van der Waals surface area contributed by atoms with E-state index in [9.17, 15) is 0 Å². The molecule has 0 bridgehead atoms. The van der Waals surface area contributed by atoms with Gasteiger partial charge >= 0.3 is 0 Å². The molecule has 0 atom stereocenters. The Morgan fingerprint density at radius 3 is 2.86 bits per heavy atom. The van der Waals surface area contributed by atoms with Crippen molar-refractivity contribution in [3.8, 4) is 0 Å². The number of hydrogen-bond donors (Lipinski definition) is 0. The standard InChI is InChI=1S/C11H17BrOS/c1-11(2,8-12)9-13-6-5-10-4-3-7-14-10/h3-4,7H,5-6,8-9H2,1-2H3. The number of rotatable bonds is 6. The Hall–Kier alpha value is 0.140. The second-order valence-electron chi connectivity index (χ2n) is 4.18. The molecule has 0 radical (unpaired) electrons. The first-order valence-electron chi connectivity index (χ1n) is 4.80. The Labute approximate surface area is 98.6 Å². The van der Waals surface area contributed by atoms with Gasteiger partial charge in [0.2, 0.25) is 0 Å². The fourth-order valence-electron chi connectivity index (χ4n) is 1.01. The smallest absolute Gasteiger partial charge is 0.0525 e. The van der Waals surface area contributed by atoms with Crippen LogP contribution >= 0.6 is 27.3 Å². The van der Waals surface area contributed by atoms with Crippen LogP contribution in [0.25, 0.3) is 0 Å². The largest absolute Gasteiger partial charge is 0.380 e. The van der Waals surface area contributed by atoms with Crippen molar-refractivity contribution in [3.63, 3.8) is 0 Å². The van der Waals surface area contributed by atoms with Crippen LogP contribution in [0.2, 0.25) is 0 Å². The molecule has 1 nitrogen and oxygen atoms in total. The maximum absolute atomic E-state index is 5.64. The van der Waals surface area contributed by atoms with Gasteiger partial charge in [-0.05, 0) is 16.9 Å². The maximum Gasteiger partial charge on any atom is 0.0525 e. The van der Waals surface area contributed by atoms with Gasteiger partial charge in [-0.3, -0.25) is 0 Å². The molecule has 3 heteroatoms. The first-order chi connectivity index (χ1) is 6.64. The van der Waals surface area contributed by atoms with E-state index in [2.05, 4.69) is 47.3 Å². The summed E-state index contributed by atoms with van der Waals surface area (Å²) in [5.74, 6) is 0. The van der Waals surface area contributed by atoms with Crippen LogP contribution in [0.5, 0.6) is 0 Å². The highest BCUT2D eigenvalue weighted by Crippen LogP contribution is 2.18. The van der Waals surface area contributed by atoms with Gasteiger partial charge in [0, 0.05) is 16.6 Å². The summed E-state index contributed by atoms with van der Waals surface area (Å²) in [6.07, 6.45) is 1.04.